The first-order valence-corrected chi connectivity index (χ1v) is 10.8. The van der Waals surface area contributed by atoms with Crippen LogP contribution in [0.25, 0.3) is 0 Å². The second kappa shape index (κ2) is 6.58. The first-order valence-electron chi connectivity index (χ1n) is 10.5. The number of benzene rings is 2. The minimum atomic E-state index is -1.51. The van der Waals surface area contributed by atoms with Gasteiger partial charge in [-0.2, -0.15) is 0 Å². The van der Waals surface area contributed by atoms with Gasteiger partial charge in [0.1, 0.15) is 16.4 Å². The third-order valence-electron chi connectivity index (χ3n) is 7.34. The van der Waals surface area contributed by atoms with E-state index in [2.05, 4.69) is 5.32 Å². The molecule has 3 fully saturated rings. The fourth-order valence-electron chi connectivity index (χ4n) is 6.21. The van der Waals surface area contributed by atoms with Crippen LogP contribution in [0.3, 0.4) is 0 Å². The number of anilines is 2. The summed E-state index contributed by atoms with van der Waals surface area (Å²) in [5.41, 5.74) is -1.17. The van der Waals surface area contributed by atoms with Crippen molar-refractivity contribution in [3.63, 3.8) is 0 Å². The van der Waals surface area contributed by atoms with Crippen molar-refractivity contribution in [2.75, 3.05) is 16.8 Å². The molecule has 0 aliphatic carbocycles. The van der Waals surface area contributed by atoms with Crippen molar-refractivity contribution in [3.8, 4) is 0 Å². The smallest absolute Gasteiger partial charge is 0.289 e. The molecule has 4 aliphatic heterocycles. The van der Waals surface area contributed by atoms with Crippen LogP contribution in [-0.2, 0) is 19.9 Å². The summed E-state index contributed by atoms with van der Waals surface area (Å²) in [7, 11) is 0. The van der Waals surface area contributed by atoms with Crippen molar-refractivity contribution in [3.05, 3.63) is 62.9 Å². The molecule has 0 radical (unpaired) electrons. The zero-order valence-electron chi connectivity index (χ0n) is 17.0. The van der Waals surface area contributed by atoms with Gasteiger partial charge >= 0.3 is 0 Å². The summed E-state index contributed by atoms with van der Waals surface area (Å²) < 4.78 is 14.3. The van der Waals surface area contributed by atoms with E-state index in [0.29, 0.717) is 24.2 Å². The summed E-state index contributed by atoms with van der Waals surface area (Å²) in [6.45, 7) is 0.494. The van der Waals surface area contributed by atoms with Crippen molar-refractivity contribution in [2.45, 2.75) is 24.4 Å². The van der Waals surface area contributed by atoms with Gasteiger partial charge < -0.3 is 5.32 Å². The van der Waals surface area contributed by atoms with Crippen LogP contribution in [0, 0.1) is 27.8 Å². The van der Waals surface area contributed by atoms with Crippen LogP contribution in [0.1, 0.15) is 18.4 Å². The number of nitrogens with zero attached hydrogens (tertiary/aromatic N) is 3. The molecule has 2 aromatic carbocycles. The van der Waals surface area contributed by atoms with Crippen molar-refractivity contribution >= 4 is 46.4 Å². The van der Waals surface area contributed by atoms with E-state index in [-0.39, 0.29) is 16.8 Å². The number of nitro benzene ring substituents is 1. The Bertz CT molecular complexity index is 1300. The number of carbonyl (C=O) groups is 3. The molecule has 3 amide bonds. The highest BCUT2D eigenvalue weighted by atomic mass is 35.5. The summed E-state index contributed by atoms with van der Waals surface area (Å²) in [4.78, 5) is 54.3. The van der Waals surface area contributed by atoms with Crippen molar-refractivity contribution in [2.24, 2.45) is 11.8 Å². The molecule has 3 saturated heterocycles. The molecule has 6 rings (SSSR count). The molecule has 1 spiro atoms. The minimum absolute atomic E-state index is 0.0214. The van der Waals surface area contributed by atoms with Crippen molar-refractivity contribution in [1.82, 2.24) is 4.90 Å². The summed E-state index contributed by atoms with van der Waals surface area (Å²) in [5.74, 6) is -4.07. The molecule has 2 aromatic rings. The van der Waals surface area contributed by atoms with E-state index < -0.39 is 51.5 Å². The molecule has 33 heavy (non-hydrogen) atoms. The Hall–Kier alpha value is -3.37. The lowest BCUT2D eigenvalue weighted by Crippen LogP contribution is -2.54. The Balaban J connectivity index is 1.54. The SMILES string of the molecule is O=C1[C@@H]2[C@H]3CCCN3[C@@]3(C(=O)Nc4ccc(F)cc43)[C@@H]2C(=O)N1c1ccc(Cl)c([N+](=O)[O-])c1. The highest BCUT2D eigenvalue weighted by molar-refractivity contribution is 6.33. The predicted octanol–water partition coefficient (Wildman–Crippen LogP) is 2.82. The third kappa shape index (κ3) is 2.37. The summed E-state index contributed by atoms with van der Waals surface area (Å²) >= 11 is 5.90. The Morgan fingerprint density at radius 1 is 1.15 bits per heavy atom. The van der Waals surface area contributed by atoms with Gasteiger partial charge in [-0.25, -0.2) is 9.29 Å². The number of carbonyl (C=O) groups excluding carboxylic acids is 3. The number of halogens is 2. The number of imide groups is 1. The van der Waals surface area contributed by atoms with Gasteiger partial charge in [0.15, 0.2) is 0 Å². The molecule has 0 saturated carbocycles. The number of amides is 3. The molecular weight excluding hydrogens is 455 g/mol. The van der Waals surface area contributed by atoms with E-state index in [0.717, 1.165) is 17.4 Å². The molecular formula is C22H16ClFN4O5. The minimum Gasteiger partial charge on any atom is -0.324 e. The topological polar surface area (TPSA) is 113 Å². The number of rotatable bonds is 2. The molecule has 1 N–H and O–H groups in total. The molecule has 0 bridgehead atoms. The summed E-state index contributed by atoms with van der Waals surface area (Å²) in [5, 5.41) is 14.0. The van der Waals surface area contributed by atoms with E-state index >= 15 is 0 Å². The Labute approximate surface area is 191 Å². The number of hydrogen-bond donors (Lipinski definition) is 1. The van der Waals surface area contributed by atoms with Crippen molar-refractivity contribution < 1.29 is 23.7 Å². The lowest BCUT2D eigenvalue weighted by molar-refractivity contribution is -0.384. The molecule has 4 aliphatic rings. The average Bonchev–Trinajstić information content (AvgIpc) is 3.47. The van der Waals surface area contributed by atoms with Gasteiger partial charge in [-0.15, -0.1) is 0 Å². The maximum atomic E-state index is 14.3. The van der Waals surface area contributed by atoms with Gasteiger partial charge in [0.2, 0.25) is 17.7 Å². The first-order chi connectivity index (χ1) is 15.8. The van der Waals surface area contributed by atoms with Gasteiger partial charge in [0.25, 0.3) is 5.69 Å². The molecule has 4 heterocycles. The Morgan fingerprint density at radius 2 is 1.94 bits per heavy atom. The van der Waals surface area contributed by atoms with E-state index in [1.54, 1.807) is 0 Å². The fourth-order valence-corrected chi connectivity index (χ4v) is 6.40. The van der Waals surface area contributed by atoms with E-state index in [1.165, 1.54) is 30.3 Å². The molecule has 9 nitrogen and oxygen atoms in total. The highest BCUT2D eigenvalue weighted by Gasteiger charge is 2.74. The zero-order chi connectivity index (χ0) is 23.2. The van der Waals surface area contributed by atoms with Gasteiger partial charge in [-0.3, -0.25) is 29.4 Å². The van der Waals surface area contributed by atoms with Crippen LogP contribution in [-0.4, -0.2) is 40.1 Å². The van der Waals surface area contributed by atoms with Crippen LogP contribution < -0.4 is 10.2 Å². The molecule has 0 unspecified atom stereocenters. The van der Waals surface area contributed by atoms with Gasteiger partial charge in [-0.05, 0) is 49.7 Å². The van der Waals surface area contributed by atoms with Crippen LogP contribution in [0.5, 0.6) is 0 Å². The predicted molar refractivity (Wildman–Crippen MR) is 114 cm³/mol. The van der Waals surface area contributed by atoms with Crippen LogP contribution in [0.15, 0.2) is 36.4 Å². The Kier molecular flexibility index (Phi) is 4.04. The second-order valence-electron chi connectivity index (χ2n) is 8.72. The summed E-state index contributed by atoms with van der Waals surface area (Å²) in [6.07, 6.45) is 1.33. The highest BCUT2D eigenvalue weighted by Crippen LogP contribution is 2.60. The number of nitro groups is 1. The molecule has 168 valence electrons. The largest absolute Gasteiger partial charge is 0.324 e. The van der Waals surface area contributed by atoms with Crippen LogP contribution in [0.4, 0.5) is 21.5 Å². The third-order valence-corrected chi connectivity index (χ3v) is 7.66. The van der Waals surface area contributed by atoms with Gasteiger partial charge in [0, 0.05) is 23.4 Å². The average molecular weight is 471 g/mol. The first kappa shape index (κ1) is 20.3. The van der Waals surface area contributed by atoms with E-state index in [9.17, 15) is 28.9 Å². The van der Waals surface area contributed by atoms with E-state index in [4.69, 9.17) is 11.6 Å². The number of fused-ring (bicyclic) bond motifs is 7. The lowest BCUT2D eigenvalue weighted by atomic mass is 9.75. The summed E-state index contributed by atoms with van der Waals surface area (Å²) in [6, 6.07) is 7.27. The maximum absolute atomic E-state index is 14.3. The number of hydrogen-bond acceptors (Lipinski definition) is 6. The quantitative estimate of drug-likeness (QED) is 0.410. The number of nitrogens with one attached hydrogen (secondary N) is 1. The van der Waals surface area contributed by atoms with Gasteiger partial charge in [0.05, 0.1) is 22.4 Å². The van der Waals surface area contributed by atoms with E-state index in [1.807, 2.05) is 4.90 Å². The monoisotopic (exact) mass is 470 g/mol. The zero-order valence-corrected chi connectivity index (χ0v) is 17.7. The standard InChI is InChI=1S/C22H16ClFN4O5/c23-13-5-4-11(9-16(13)28(32)33)27-19(29)17-15-2-1-7-26(15)22(18(17)20(27)30)12-8-10(24)3-6-14(12)25-21(22)31/h3-6,8-9,15,17-18H,1-2,7H2,(H,25,31)/t15-,17-,18+,22-/m1/s1. The second-order valence-corrected chi connectivity index (χ2v) is 9.13. The molecule has 0 aromatic heterocycles. The van der Waals surface area contributed by atoms with Gasteiger partial charge in [-0.1, -0.05) is 11.6 Å². The Morgan fingerprint density at radius 3 is 2.70 bits per heavy atom. The van der Waals surface area contributed by atoms with Crippen LogP contribution in [0.2, 0.25) is 5.02 Å². The fraction of sp³-hybridized carbons (Fsp3) is 0.318. The lowest BCUT2D eigenvalue weighted by Gasteiger charge is -2.36. The van der Waals surface area contributed by atoms with Crippen molar-refractivity contribution in [1.29, 1.82) is 0 Å². The molecule has 11 heteroatoms. The van der Waals surface area contributed by atoms with Crippen LogP contribution >= 0.6 is 11.6 Å². The molecule has 4 atom stereocenters. The maximum Gasteiger partial charge on any atom is 0.289 e. The normalized spacial score (nSPS) is 30.1.